The van der Waals surface area contributed by atoms with Gasteiger partial charge in [0.25, 0.3) is 0 Å². The number of nitrogens with two attached hydrogens (primary N) is 1. The van der Waals surface area contributed by atoms with E-state index in [1.54, 1.807) is 0 Å². The molecule has 104 valence electrons. The molecule has 0 fully saturated rings. The zero-order valence-electron chi connectivity index (χ0n) is 12.2. The van der Waals surface area contributed by atoms with Crippen LogP contribution in [-0.2, 0) is 8.85 Å². The van der Waals surface area contributed by atoms with E-state index in [1.807, 2.05) is 6.92 Å². The lowest BCUT2D eigenvalue weighted by atomic mass is 10.3. The first-order chi connectivity index (χ1) is 7.93. The summed E-state index contributed by atoms with van der Waals surface area (Å²) in [5.41, 5.74) is 5.57. The van der Waals surface area contributed by atoms with Crippen LogP contribution in [0, 0.1) is 0 Å². The molecule has 0 aromatic rings. The summed E-state index contributed by atoms with van der Waals surface area (Å²) in [6.45, 7) is 8.81. The lowest BCUT2D eigenvalue weighted by molar-refractivity contribution is 0.118. The molecule has 17 heavy (non-hydrogen) atoms. The quantitative estimate of drug-likeness (QED) is 0.610. The maximum atomic E-state index is 6.17. The summed E-state index contributed by atoms with van der Waals surface area (Å²) in [5, 5.41) is 0. The molecule has 2 atom stereocenters. The van der Waals surface area contributed by atoms with Crippen molar-refractivity contribution in [1.29, 1.82) is 0 Å². The van der Waals surface area contributed by atoms with Gasteiger partial charge in [-0.25, -0.2) is 0 Å². The fourth-order valence-corrected chi connectivity index (χ4v) is 4.57. The highest BCUT2D eigenvalue weighted by molar-refractivity contribution is 6.66. The van der Waals surface area contributed by atoms with E-state index in [2.05, 4.69) is 32.5 Å². The first-order valence-electron chi connectivity index (χ1n) is 6.60. The first-order valence-corrected chi connectivity index (χ1v) is 9.12. The summed E-state index contributed by atoms with van der Waals surface area (Å²) in [7, 11) is 2.16. The van der Waals surface area contributed by atoms with E-state index in [0.717, 1.165) is 32.0 Å². The minimum atomic E-state index is -2.00. The largest absolute Gasteiger partial charge is 0.395 e. The highest BCUT2D eigenvalue weighted by atomic mass is 28.4. The van der Waals surface area contributed by atoms with Gasteiger partial charge in [-0.1, -0.05) is 0 Å². The van der Waals surface area contributed by atoms with Crippen molar-refractivity contribution in [2.75, 3.05) is 33.8 Å². The maximum absolute atomic E-state index is 6.17. The molecule has 0 heterocycles. The Balaban J connectivity index is 4.12. The van der Waals surface area contributed by atoms with Gasteiger partial charge in [0.15, 0.2) is 0 Å². The third-order valence-electron chi connectivity index (χ3n) is 2.72. The van der Waals surface area contributed by atoms with Gasteiger partial charge in [-0.2, -0.15) is 0 Å². The van der Waals surface area contributed by atoms with Gasteiger partial charge >= 0.3 is 8.56 Å². The van der Waals surface area contributed by atoms with Crippen LogP contribution in [0.4, 0.5) is 0 Å². The smallest absolute Gasteiger partial charge is 0.335 e. The molecule has 4 nitrogen and oxygen atoms in total. The zero-order chi connectivity index (χ0) is 13.3. The van der Waals surface area contributed by atoms with Crippen LogP contribution in [0.5, 0.6) is 0 Å². The summed E-state index contributed by atoms with van der Waals surface area (Å²) in [6.07, 6.45) is 2.30. The van der Waals surface area contributed by atoms with Crippen molar-refractivity contribution < 1.29 is 8.85 Å². The predicted molar refractivity (Wildman–Crippen MR) is 75.4 cm³/mol. The zero-order valence-corrected chi connectivity index (χ0v) is 13.2. The Kier molecular flexibility index (Phi) is 9.08. The van der Waals surface area contributed by atoms with E-state index in [-0.39, 0.29) is 6.10 Å². The third-order valence-corrected chi connectivity index (χ3v) is 5.78. The Morgan fingerprint density at radius 1 is 1.35 bits per heavy atom. The molecule has 0 aromatic carbocycles. The fourth-order valence-electron chi connectivity index (χ4n) is 1.82. The van der Waals surface area contributed by atoms with Crippen LogP contribution in [-0.4, -0.2) is 53.4 Å². The molecule has 2 N–H and O–H groups in total. The average molecular weight is 262 g/mol. The minimum absolute atomic E-state index is 0.262. The van der Waals surface area contributed by atoms with Crippen LogP contribution in [0.3, 0.4) is 0 Å². The molecule has 0 radical (unpaired) electrons. The first kappa shape index (κ1) is 17.1. The molecule has 0 saturated carbocycles. The Morgan fingerprint density at radius 2 is 2.00 bits per heavy atom. The molecule has 0 amide bonds. The van der Waals surface area contributed by atoms with E-state index in [4.69, 9.17) is 14.6 Å². The van der Waals surface area contributed by atoms with Gasteiger partial charge < -0.3 is 19.5 Å². The van der Waals surface area contributed by atoms with E-state index in [1.165, 1.54) is 0 Å². The molecule has 0 aliphatic heterocycles. The molecule has 0 saturated heterocycles. The van der Waals surface area contributed by atoms with Crippen LogP contribution in [0.2, 0.25) is 12.6 Å². The molecular formula is C12H30N2O2Si. The highest BCUT2D eigenvalue weighted by Crippen LogP contribution is 2.18. The van der Waals surface area contributed by atoms with Crippen molar-refractivity contribution >= 4 is 8.56 Å². The standard InChI is InChI=1S/C12H30N2O2Si/c1-6-15-17(5,11-7-9-13)16-12(2)8-10-14(3)4/h12H,6-11,13H2,1-5H3. The SMILES string of the molecule is CCO[Si](C)(CCCN)OC(C)CCN(C)C. The lowest BCUT2D eigenvalue weighted by Crippen LogP contribution is -2.42. The van der Waals surface area contributed by atoms with Crippen molar-refractivity contribution in [2.24, 2.45) is 5.73 Å². The normalized spacial score (nSPS) is 17.1. The molecule has 0 aromatic heterocycles. The fraction of sp³-hybridized carbons (Fsp3) is 1.00. The number of hydrogen-bond donors (Lipinski definition) is 1. The minimum Gasteiger partial charge on any atom is -0.395 e. The van der Waals surface area contributed by atoms with E-state index >= 15 is 0 Å². The van der Waals surface area contributed by atoms with Crippen molar-refractivity contribution in [1.82, 2.24) is 4.90 Å². The number of rotatable bonds is 10. The molecule has 0 aliphatic rings. The molecule has 0 bridgehead atoms. The van der Waals surface area contributed by atoms with Crippen molar-refractivity contribution in [2.45, 2.75) is 45.4 Å². The van der Waals surface area contributed by atoms with E-state index < -0.39 is 8.56 Å². The summed E-state index contributed by atoms with van der Waals surface area (Å²) in [4.78, 5) is 2.18. The predicted octanol–water partition coefficient (Wildman–Crippen LogP) is 1.80. The van der Waals surface area contributed by atoms with E-state index in [9.17, 15) is 0 Å². The monoisotopic (exact) mass is 262 g/mol. The highest BCUT2D eigenvalue weighted by Gasteiger charge is 2.32. The molecule has 0 rings (SSSR count). The van der Waals surface area contributed by atoms with Gasteiger partial charge in [0, 0.05) is 12.7 Å². The Bertz CT molecular complexity index is 193. The third kappa shape index (κ3) is 8.74. The Hall–Kier alpha value is 0.0569. The van der Waals surface area contributed by atoms with Crippen molar-refractivity contribution in [3.63, 3.8) is 0 Å². The Labute approximate surface area is 108 Å². The second-order valence-corrected chi connectivity index (χ2v) is 8.27. The van der Waals surface area contributed by atoms with Crippen LogP contribution < -0.4 is 5.73 Å². The number of hydrogen-bond acceptors (Lipinski definition) is 4. The van der Waals surface area contributed by atoms with Gasteiger partial charge in [-0.3, -0.25) is 0 Å². The average Bonchev–Trinajstić information content (AvgIpc) is 2.24. The second kappa shape index (κ2) is 9.05. The Morgan fingerprint density at radius 3 is 2.47 bits per heavy atom. The lowest BCUT2D eigenvalue weighted by Gasteiger charge is -2.30. The number of nitrogens with zero attached hydrogens (tertiary/aromatic N) is 1. The topological polar surface area (TPSA) is 47.7 Å². The van der Waals surface area contributed by atoms with Crippen LogP contribution in [0.15, 0.2) is 0 Å². The molecule has 2 unspecified atom stereocenters. The van der Waals surface area contributed by atoms with Gasteiger partial charge in [0.1, 0.15) is 0 Å². The van der Waals surface area contributed by atoms with Gasteiger partial charge in [-0.05, 0) is 66.5 Å². The van der Waals surface area contributed by atoms with Crippen LogP contribution in [0.1, 0.15) is 26.7 Å². The summed E-state index contributed by atoms with van der Waals surface area (Å²) >= 11 is 0. The second-order valence-electron chi connectivity index (χ2n) is 4.98. The van der Waals surface area contributed by atoms with Crippen molar-refractivity contribution in [3.05, 3.63) is 0 Å². The molecular weight excluding hydrogens is 232 g/mol. The summed E-state index contributed by atoms with van der Waals surface area (Å²) < 4.78 is 12.0. The molecule has 5 heteroatoms. The van der Waals surface area contributed by atoms with Gasteiger partial charge in [0.2, 0.25) is 0 Å². The summed E-state index contributed by atoms with van der Waals surface area (Å²) in [5.74, 6) is 0. The molecule has 0 spiro atoms. The van der Waals surface area contributed by atoms with Crippen LogP contribution >= 0.6 is 0 Å². The van der Waals surface area contributed by atoms with E-state index in [0.29, 0.717) is 6.54 Å². The molecule has 0 aliphatic carbocycles. The maximum Gasteiger partial charge on any atom is 0.335 e. The van der Waals surface area contributed by atoms with Gasteiger partial charge in [-0.15, -0.1) is 0 Å². The van der Waals surface area contributed by atoms with Crippen LogP contribution in [0.25, 0.3) is 0 Å². The van der Waals surface area contributed by atoms with Crippen molar-refractivity contribution in [3.8, 4) is 0 Å². The van der Waals surface area contributed by atoms with Gasteiger partial charge in [0.05, 0.1) is 0 Å². The summed E-state index contributed by atoms with van der Waals surface area (Å²) in [6, 6.07) is 0.990.